The van der Waals surface area contributed by atoms with Crippen molar-refractivity contribution in [3.8, 4) is 0 Å². The Labute approximate surface area is 237 Å². The molecule has 40 heavy (non-hydrogen) atoms. The van der Waals surface area contributed by atoms with E-state index in [1.807, 2.05) is 60.4 Å². The Morgan fingerprint density at radius 3 is 1.38 bits per heavy atom. The number of benzene rings is 2. The third kappa shape index (κ3) is 8.41. The summed E-state index contributed by atoms with van der Waals surface area (Å²) in [4.78, 5) is 50.8. The first-order chi connectivity index (χ1) is 19.3. The molecule has 0 aliphatic carbocycles. The zero-order valence-corrected chi connectivity index (χ0v) is 23.9. The lowest BCUT2D eigenvalue weighted by atomic mass is 9.96. The number of carbonyl (C=O) groups is 4. The molecule has 0 bridgehead atoms. The van der Waals surface area contributed by atoms with Gasteiger partial charge in [-0.25, -0.2) is 0 Å². The minimum atomic E-state index is -0.751. The Bertz CT molecular complexity index is 1130. The monoisotopic (exact) mass is 550 g/mol. The summed E-state index contributed by atoms with van der Waals surface area (Å²) in [6, 6.07) is 15.4. The van der Waals surface area contributed by atoms with Gasteiger partial charge in [-0.2, -0.15) is 0 Å². The van der Waals surface area contributed by atoms with E-state index in [9.17, 15) is 19.2 Å². The Hall–Kier alpha value is -3.68. The van der Waals surface area contributed by atoms with Crippen LogP contribution in [0.2, 0.25) is 0 Å². The zero-order valence-electron chi connectivity index (χ0n) is 23.9. The average molecular weight is 551 g/mol. The quantitative estimate of drug-likeness (QED) is 0.495. The van der Waals surface area contributed by atoms with Crippen LogP contribution in [-0.2, 0) is 27.2 Å². The number of ether oxygens (including phenoxy) is 1. The molecule has 8 heteroatoms. The van der Waals surface area contributed by atoms with Crippen LogP contribution >= 0.6 is 0 Å². The van der Waals surface area contributed by atoms with Crippen LogP contribution in [0.4, 0.5) is 0 Å². The van der Waals surface area contributed by atoms with Crippen LogP contribution in [0, 0.1) is 11.8 Å². The van der Waals surface area contributed by atoms with Crippen molar-refractivity contribution in [3.63, 3.8) is 0 Å². The summed E-state index contributed by atoms with van der Waals surface area (Å²) in [7, 11) is 0. The summed E-state index contributed by atoms with van der Waals surface area (Å²) in [5.41, 5.74) is 3.85. The van der Waals surface area contributed by atoms with Crippen LogP contribution in [0.5, 0.6) is 0 Å². The van der Waals surface area contributed by atoms with Gasteiger partial charge in [-0.1, -0.05) is 38.1 Å². The van der Waals surface area contributed by atoms with Gasteiger partial charge in [-0.05, 0) is 80.8 Å². The minimum Gasteiger partial charge on any atom is -0.481 e. The largest absolute Gasteiger partial charge is 0.481 e. The predicted octanol–water partition coefficient (Wildman–Crippen LogP) is 4.85. The van der Waals surface area contributed by atoms with Crippen LogP contribution in [0.25, 0.3) is 0 Å². The molecular formula is C32H42N2O6. The molecular weight excluding hydrogens is 508 g/mol. The molecule has 0 spiro atoms. The molecule has 2 fully saturated rings. The van der Waals surface area contributed by atoms with Gasteiger partial charge in [0.25, 0.3) is 11.8 Å². The molecule has 2 aromatic rings. The van der Waals surface area contributed by atoms with Gasteiger partial charge in [-0.15, -0.1) is 0 Å². The highest BCUT2D eigenvalue weighted by molar-refractivity contribution is 5.95. The van der Waals surface area contributed by atoms with E-state index < -0.39 is 5.97 Å². The Kier molecular flexibility index (Phi) is 11.7. The van der Waals surface area contributed by atoms with Crippen molar-refractivity contribution in [2.75, 3.05) is 32.8 Å². The van der Waals surface area contributed by atoms with Crippen LogP contribution in [-0.4, -0.2) is 71.4 Å². The first-order valence-corrected chi connectivity index (χ1v) is 14.4. The predicted molar refractivity (Wildman–Crippen MR) is 153 cm³/mol. The fourth-order valence-corrected chi connectivity index (χ4v) is 5.04. The number of esters is 1. The van der Waals surface area contributed by atoms with E-state index in [0.717, 1.165) is 18.4 Å². The Balaban J connectivity index is 0.000000222. The second-order valence-corrected chi connectivity index (χ2v) is 10.3. The number of carboxylic acids is 1. The summed E-state index contributed by atoms with van der Waals surface area (Å²) >= 11 is 0. The van der Waals surface area contributed by atoms with E-state index in [4.69, 9.17) is 9.84 Å². The molecule has 2 heterocycles. The average Bonchev–Trinajstić information content (AvgIpc) is 3.01. The lowest BCUT2D eigenvalue weighted by Gasteiger charge is -2.31. The molecule has 2 amide bonds. The fraction of sp³-hybridized carbons (Fsp3) is 0.500. The maximum absolute atomic E-state index is 12.4. The highest BCUT2D eigenvalue weighted by atomic mass is 16.5. The van der Waals surface area contributed by atoms with E-state index >= 15 is 0 Å². The fourth-order valence-electron chi connectivity index (χ4n) is 5.04. The number of hydrogen-bond acceptors (Lipinski definition) is 5. The van der Waals surface area contributed by atoms with Gasteiger partial charge in [0.15, 0.2) is 0 Å². The zero-order chi connectivity index (χ0) is 29.1. The SMILES string of the molecule is CCOC(=O)C1CCN(C(=O)c2ccc(CC)cc2)CC1.CCc1ccc(C(=O)N2CCC(C(=O)O)CC2)cc1. The second-order valence-electron chi connectivity index (χ2n) is 10.3. The Morgan fingerprint density at radius 2 is 1.05 bits per heavy atom. The maximum atomic E-state index is 12.4. The molecule has 1 N–H and O–H groups in total. The number of amides is 2. The van der Waals surface area contributed by atoms with Crippen molar-refractivity contribution in [3.05, 3.63) is 70.8 Å². The molecule has 0 atom stereocenters. The standard InChI is InChI=1S/C17H23NO3.C15H19NO3/c1-3-13-5-7-14(8-6-13)16(19)18-11-9-15(10-12-18)17(20)21-4-2;1-2-11-3-5-12(6-4-11)14(17)16-9-7-13(8-10-16)15(18)19/h5-8,15H,3-4,9-12H2,1-2H3;3-6,13H,2,7-10H2,1H3,(H,18,19). The lowest BCUT2D eigenvalue weighted by Crippen LogP contribution is -2.40. The van der Waals surface area contributed by atoms with Gasteiger partial charge in [-0.3, -0.25) is 19.2 Å². The molecule has 0 aromatic heterocycles. The Morgan fingerprint density at radius 1 is 0.675 bits per heavy atom. The third-order valence-corrected chi connectivity index (χ3v) is 7.75. The van der Waals surface area contributed by atoms with Crippen LogP contribution in [0.15, 0.2) is 48.5 Å². The van der Waals surface area contributed by atoms with Crippen molar-refractivity contribution < 1.29 is 29.0 Å². The highest BCUT2D eigenvalue weighted by Gasteiger charge is 2.29. The molecule has 2 aliphatic heterocycles. The van der Waals surface area contributed by atoms with Gasteiger partial charge in [0.1, 0.15) is 0 Å². The summed E-state index contributed by atoms with van der Waals surface area (Å²) in [6.45, 7) is 8.72. The molecule has 216 valence electrons. The number of aryl methyl sites for hydroxylation is 2. The molecule has 0 radical (unpaired) electrons. The number of piperidine rings is 2. The van der Waals surface area contributed by atoms with Gasteiger partial charge < -0.3 is 19.6 Å². The smallest absolute Gasteiger partial charge is 0.309 e. The normalized spacial score (nSPS) is 16.1. The van der Waals surface area contributed by atoms with E-state index in [1.54, 1.807) is 4.90 Å². The topological polar surface area (TPSA) is 104 Å². The molecule has 0 saturated carbocycles. The first kappa shape index (κ1) is 30.9. The van der Waals surface area contributed by atoms with Gasteiger partial charge in [0, 0.05) is 37.3 Å². The number of carbonyl (C=O) groups excluding carboxylic acids is 3. The minimum absolute atomic E-state index is 0.00601. The van der Waals surface area contributed by atoms with Crippen molar-refractivity contribution in [2.45, 2.75) is 59.3 Å². The van der Waals surface area contributed by atoms with Crippen molar-refractivity contribution in [1.29, 1.82) is 0 Å². The third-order valence-electron chi connectivity index (χ3n) is 7.75. The molecule has 0 unspecified atom stereocenters. The number of likely N-dealkylation sites (tertiary alicyclic amines) is 2. The van der Waals surface area contributed by atoms with Crippen molar-refractivity contribution in [1.82, 2.24) is 9.80 Å². The lowest BCUT2D eigenvalue weighted by molar-refractivity contribution is -0.149. The summed E-state index contributed by atoms with van der Waals surface area (Å²) in [6.07, 6.45) is 4.41. The number of nitrogens with zero attached hydrogens (tertiary/aromatic N) is 2. The highest BCUT2D eigenvalue weighted by Crippen LogP contribution is 2.21. The van der Waals surface area contributed by atoms with Crippen LogP contribution in [0.3, 0.4) is 0 Å². The summed E-state index contributed by atoms with van der Waals surface area (Å²) < 4.78 is 5.04. The molecule has 2 saturated heterocycles. The van der Waals surface area contributed by atoms with E-state index in [2.05, 4.69) is 13.8 Å². The number of rotatable bonds is 7. The van der Waals surface area contributed by atoms with E-state index in [1.165, 1.54) is 11.1 Å². The number of aliphatic carboxylic acids is 1. The van der Waals surface area contributed by atoms with Gasteiger partial charge >= 0.3 is 11.9 Å². The molecule has 2 aromatic carbocycles. The molecule has 8 nitrogen and oxygen atoms in total. The van der Waals surface area contributed by atoms with Crippen molar-refractivity contribution in [2.24, 2.45) is 11.8 Å². The van der Waals surface area contributed by atoms with Crippen molar-refractivity contribution >= 4 is 23.8 Å². The molecule has 2 aliphatic rings. The van der Waals surface area contributed by atoms with E-state index in [-0.39, 0.29) is 29.6 Å². The van der Waals surface area contributed by atoms with Gasteiger partial charge in [0.05, 0.1) is 18.4 Å². The number of carboxylic acid groups (broad SMARTS) is 1. The summed E-state index contributed by atoms with van der Waals surface area (Å²) in [5.74, 6) is -1.18. The maximum Gasteiger partial charge on any atom is 0.309 e. The first-order valence-electron chi connectivity index (χ1n) is 14.4. The summed E-state index contributed by atoms with van der Waals surface area (Å²) in [5, 5.41) is 8.93. The van der Waals surface area contributed by atoms with Crippen LogP contribution < -0.4 is 0 Å². The van der Waals surface area contributed by atoms with Crippen LogP contribution in [0.1, 0.15) is 78.3 Å². The second kappa shape index (κ2) is 15.2. The van der Waals surface area contributed by atoms with E-state index in [0.29, 0.717) is 64.0 Å². The number of hydrogen-bond donors (Lipinski definition) is 1. The molecule has 4 rings (SSSR count). The van der Waals surface area contributed by atoms with Gasteiger partial charge in [0.2, 0.25) is 0 Å².